The van der Waals surface area contributed by atoms with E-state index in [0.717, 1.165) is 11.8 Å². The summed E-state index contributed by atoms with van der Waals surface area (Å²) in [7, 11) is 0. The summed E-state index contributed by atoms with van der Waals surface area (Å²) in [6.45, 7) is 1.29. The van der Waals surface area contributed by atoms with Crippen molar-refractivity contribution in [3.8, 4) is 0 Å². The number of aromatic nitrogens is 2. The fraction of sp³-hybridized carbons (Fsp3) is 0.364. The molecule has 0 aliphatic carbocycles. The summed E-state index contributed by atoms with van der Waals surface area (Å²) in [5.74, 6) is -0.0524. The first-order chi connectivity index (χ1) is 8.66. The Morgan fingerprint density at radius 3 is 3.06 bits per heavy atom. The van der Waals surface area contributed by atoms with E-state index in [-0.39, 0.29) is 11.9 Å². The molecular weight excluding hydrogens is 250 g/mol. The van der Waals surface area contributed by atoms with Gasteiger partial charge < -0.3 is 16.4 Å². The predicted octanol–water partition coefficient (Wildman–Crippen LogP) is 0.447. The highest BCUT2D eigenvalue weighted by Crippen LogP contribution is 2.32. The van der Waals surface area contributed by atoms with E-state index < -0.39 is 0 Å². The summed E-state index contributed by atoms with van der Waals surface area (Å²) in [5.41, 5.74) is 12.3. The lowest BCUT2D eigenvalue weighted by Crippen LogP contribution is -2.31. The van der Waals surface area contributed by atoms with Crippen molar-refractivity contribution in [2.75, 3.05) is 18.8 Å². The third-order valence-electron chi connectivity index (χ3n) is 3.13. The van der Waals surface area contributed by atoms with Crippen LogP contribution in [0.2, 0.25) is 0 Å². The molecule has 1 atom stereocenters. The third kappa shape index (κ3) is 1.72. The van der Waals surface area contributed by atoms with Gasteiger partial charge in [0.2, 0.25) is 0 Å². The van der Waals surface area contributed by atoms with Gasteiger partial charge in [-0.2, -0.15) is 5.10 Å². The molecule has 0 bridgehead atoms. The molecule has 0 aromatic carbocycles. The molecule has 1 unspecified atom stereocenters. The Morgan fingerprint density at radius 1 is 1.56 bits per heavy atom. The molecule has 3 heterocycles. The first-order valence-electron chi connectivity index (χ1n) is 5.71. The number of anilines is 1. The zero-order valence-corrected chi connectivity index (χ0v) is 10.5. The van der Waals surface area contributed by atoms with E-state index in [1.54, 1.807) is 17.2 Å². The molecule has 2 aromatic rings. The normalized spacial score (nSPS) is 19.6. The standard InChI is InChI=1S/C11H13N5OS/c12-6-2-4-16(5-6)11(17)9-8(13)7-1-3-14-15-10(7)18-9/h1,3,6H,2,4-5,12-13H2. The molecule has 6 nitrogen and oxygen atoms in total. The lowest BCUT2D eigenvalue weighted by molar-refractivity contribution is 0.0796. The minimum absolute atomic E-state index is 0.0524. The molecule has 0 radical (unpaired) electrons. The zero-order valence-electron chi connectivity index (χ0n) is 9.67. The topological polar surface area (TPSA) is 98.1 Å². The maximum absolute atomic E-state index is 12.3. The van der Waals surface area contributed by atoms with E-state index in [0.29, 0.717) is 28.5 Å². The molecule has 18 heavy (non-hydrogen) atoms. The van der Waals surface area contributed by atoms with Crippen LogP contribution in [0.15, 0.2) is 12.3 Å². The lowest BCUT2D eigenvalue weighted by Gasteiger charge is -2.14. The van der Waals surface area contributed by atoms with Crippen LogP contribution >= 0.6 is 11.3 Å². The van der Waals surface area contributed by atoms with Gasteiger partial charge >= 0.3 is 0 Å². The van der Waals surface area contributed by atoms with Crippen LogP contribution in [0.25, 0.3) is 10.2 Å². The number of nitrogens with zero attached hydrogens (tertiary/aromatic N) is 3. The number of nitrogen functional groups attached to an aromatic ring is 1. The molecule has 0 spiro atoms. The second-order valence-corrected chi connectivity index (χ2v) is 5.39. The van der Waals surface area contributed by atoms with Gasteiger partial charge in [0.1, 0.15) is 9.71 Å². The predicted molar refractivity (Wildman–Crippen MR) is 70.3 cm³/mol. The maximum atomic E-state index is 12.3. The fourth-order valence-electron chi connectivity index (χ4n) is 2.15. The van der Waals surface area contributed by atoms with E-state index in [2.05, 4.69) is 10.2 Å². The molecule has 0 saturated carbocycles. The molecule has 1 aliphatic rings. The Morgan fingerprint density at radius 2 is 2.39 bits per heavy atom. The first kappa shape index (κ1) is 11.4. The van der Waals surface area contributed by atoms with Gasteiger partial charge in [0.05, 0.1) is 11.9 Å². The molecule has 1 saturated heterocycles. The molecule has 7 heteroatoms. The molecule has 2 aromatic heterocycles. The van der Waals surface area contributed by atoms with Crippen LogP contribution in [-0.2, 0) is 0 Å². The summed E-state index contributed by atoms with van der Waals surface area (Å²) >= 11 is 1.29. The first-order valence-corrected chi connectivity index (χ1v) is 6.53. The van der Waals surface area contributed by atoms with Crippen LogP contribution in [0.4, 0.5) is 5.69 Å². The summed E-state index contributed by atoms with van der Waals surface area (Å²) in [6.07, 6.45) is 2.42. The second-order valence-electron chi connectivity index (χ2n) is 4.39. The number of amides is 1. The number of rotatable bonds is 1. The molecule has 94 valence electrons. The maximum Gasteiger partial charge on any atom is 0.266 e. The van der Waals surface area contributed by atoms with Gasteiger partial charge in [0, 0.05) is 24.5 Å². The van der Waals surface area contributed by atoms with Crippen LogP contribution in [0.3, 0.4) is 0 Å². The van der Waals surface area contributed by atoms with Crippen LogP contribution in [0, 0.1) is 0 Å². The van der Waals surface area contributed by atoms with Crippen molar-refractivity contribution in [2.24, 2.45) is 5.73 Å². The van der Waals surface area contributed by atoms with Gasteiger partial charge in [0.25, 0.3) is 5.91 Å². The largest absolute Gasteiger partial charge is 0.397 e. The van der Waals surface area contributed by atoms with Gasteiger partial charge in [-0.05, 0) is 12.5 Å². The molecule has 3 rings (SSSR count). The van der Waals surface area contributed by atoms with Crippen molar-refractivity contribution in [1.29, 1.82) is 0 Å². The number of hydrogen-bond donors (Lipinski definition) is 2. The minimum Gasteiger partial charge on any atom is -0.397 e. The SMILES string of the molecule is Nc1c(C(=O)N2CCC(N)C2)sc2nnccc12. The molecule has 1 fully saturated rings. The average Bonchev–Trinajstić information content (AvgIpc) is 2.94. The van der Waals surface area contributed by atoms with Gasteiger partial charge in [-0.1, -0.05) is 0 Å². The Bertz CT molecular complexity index is 610. The van der Waals surface area contributed by atoms with Crippen LogP contribution in [-0.4, -0.2) is 40.1 Å². The van der Waals surface area contributed by atoms with E-state index in [1.807, 2.05) is 0 Å². The molecular formula is C11H13N5OS. The Balaban J connectivity index is 1.99. The monoisotopic (exact) mass is 263 g/mol. The quantitative estimate of drug-likeness (QED) is 0.778. The average molecular weight is 263 g/mol. The fourth-order valence-corrected chi connectivity index (χ4v) is 3.15. The Kier molecular flexibility index (Phi) is 2.64. The number of carbonyl (C=O) groups excluding carboxylic acids is 1. The van der Waals surface area contributed by atoms with Gasteiger partial charge in [-0.15, -0.1) is 16.4 Å². The summed E-state index contributed by atoms with van der Waals surface area (Å²) in [5, 5.41) is 8.57. The number of hydrogen-bond acceptors (Lipinski definition) is 6. The molecule has 1 amide bonds. The molecule has 1 aliphatic heterocycles. The van der Waals surface area contributed by atoms with Crippen LogP contribution in [0.1, 0.15) is 16.1 Å². The number of likely N-dealkylation sites (tertiary alicyclic amines) is 1. The third-order valence-corrected chi connectivity index (χ3v) is 4.22. The van der Waals surface area contributed by atoms with E-state index in [9.17, 15) is 4.79 Å². The van der Waals surface area contributed by atoms with Crippen molar-refractivity contribution in [2.45, 2.75) is 12.5 Å². The van der Waals surface area contributed by atoms with Crippen molar-refractivity contribution in [3.05, 3.63) is 17.1 Å². The summed E-state index contributed by atoms with van der Waals surface area (Å²) < 4.78 is 0. The Hall–Kier alpha value is -1.73. The number of carbonyl (C=O) groups is 1. The van der Waals surface area contributed by atoms with Crippen molar-refractivity contribution >= 4 is 33.1 Å². The van der Waals surface area contributed by atoms with E-state index >= 15 is 0 Å². The summed E-state index contributed by atoms with van der Waals surface area (Å²) in [6, 6.07) is 1.85. The highest BCUT2D eigenvalue weighted by atomic mass is 32.1. The van der Waals surface area contributed by atoms with E-state index in [1.165, 1.54) is 11.3 Å². The number of fused-ring (bicyclic) bond motifs is 1. The number of thiophene rings is 1. The molecule has 4 N–H and O–H groups in total. The smallest absolute Gasteiger partial charge is 0.266 e. The van der Waals surface area contributed by atoms with Crippen LogP contribution in [0.5, 0.6) is 0 Å². The highest BCUT2D eigenvalue weighted by Gasteiger charge is 2.27. The Labute approximate surface area is 108 Å². The van der Waals surface area contributed by atoms with Gasteiger partial charge in [-0.3, -0.25) is 4.79 Å². The summed E-state index contributed by atoms with van der Waals surface area (Å²) in [4.78, 5) is 15.3. The highest BCUT2D eigenvalue weighted by molar-refractivity contribution is 7.21. The van der Waals surface area contributed by atoms with Gasteiger partial charge in [-0.25, -0.2) is 0 Å². The van der Waals surface area contributed by atoms with Crippen molar-refractivity contribution < 1.29 is 4.79 Å². The number of nitrogens with two attached hydrogens (primary N) is 2. The lowest BCUT2D eigenvalue weighted by atomic mass is 10.2. The zero-order chi connectivity index (χ0) is 12.7. The van der Waals surface area contributed by atoms with Crippen molar-refractivity contribution in [1.82, 2.24) is 15.1 Å². The van der Waals surface area contributed by atoms with E-state index in [4.69, 9.17) is 11.5 Å². The second kappa shape index (κ2) is 4.18. The van der Waals surface area contributed by atoms with Crippen molar-refractivity contribution in [3.63, 3.8) is 0 Å². The van der Waals surface area contributed by atoms with Crippen LogP contribution < -0.4 is 11.5 Å². The van der Waals surface area contributed by atoms with Gasteiger partial charge in [0.15, 0.2) is 0 Å². The minimum atomic E-state index is -0.0524.